The molecule has 5 rings (SSSR count). The number of hydrogen-bond acceptors (Lipinski definition) is 4. The summed E-state index contributed by atoms with van der Waals surface area (Å²) < 4.78 is 11.0. The lowest BCUT2D eigenvalue weighted by Crippen LogP contribution is -2.10. The molecule has 0 spiro atoms. The van der Waals surface area contributed by atoms with Crippen LogP contribution in [0.5, 0.6) is 11.5 Å². The Morgan fingerprint density at radius 1 is 0.931 bits per heavy atom. The molecule has 0 aliphatic carbocycles. The number of nitrogens with zero attached hydrogens (tertiary/aromatic N) is 1. The van der Waals surface area contributed by atoms with Gasteiger partial charge in [-0.2, -0.15) is 0 Å². The summed E-state index contributed by atoms with van der Waals surface area (Å²) in [5, 5.41) is 2.22. The Hall–Kier alpha value is -3.40. The zero-order chi connectivity index (χ0) is 19.8. The minimum Gasteiger partial charge on any atom is -0.454 e. The molecule has 0 fully saturated rings. The van der Waals surface area contributed by atoms with Crippen LogP contribution in [0.15, 0.2) is 66.7 Å². The molecular formula is C25H21NO3. The van der Waals surface area contributed by atoms with E-state index in [0.29, 0.717) is 6.42 Å². The first-order chi connectivity index (χ1) is 14.2. The summed E-state index contributed by atoms with van der Waals surface area (Å²) in [4.78, 5) is 17.0. The molecule has 2 heterocycles. The Labute approximate surface area is 169 Å². The molecule has 1 aromatic heterocycles. The van der Waals surface area contributed by atoms with Crippen molar-refractivity contribution in [2.24, 2.45) is 0 Å². The van der Waals surface area contributed by atoms with E-state index in [-0.39, 0.29) is 18.5 Å². The summed E-state index contributed by atoms with van der Waals surface area (Å²) in [6.45, 7) is 1.92. The largest absolute Gasteiger partial charge is 0.454 e. The molecule has 0 bridgehead atoms. The normalized spacial score (nSPS) is 13.7. The molecule has 1 aliphatic rings. The van der Waals surface area contributed by atoms with E-state index in [0.717, 1.165) is 45.3 Å². The Morgan fingerprint density at radius 3 is 2.28 bits per heavy atom. The van der Waals surface area contributed by atoms with Gasteiger partial charge in [0.15, 0.2) is 11.5 Å². The zero-order valence-corrected chi connectivity index (χ0v) is 16.2. The van der Waals surface area contributed by atoms with Crippen molar-refractivity contribution < 1.29 is 14.3 Å². The summed E-state index contributed by atoms with van der Waals surface area (Å²) in [6.07, 6.45) is 1.22. The van der Waals surface area contributed by atoms with Crippen LogP contribution in [0.25, 0.3) is 21.8 Å². The van der Waals surface area contributed by atoms with Crippen LogP contribution in [-0.2, 0) is 11.2 Å². The van der Waals surface area contributed by atoms with Crippen LogP contribution in [0.2, 0.25) is 0 Å². The van der Waals surface area contributed by atoms with Crippen molar-refractivity contribution in [2.45, 2.75) is 25.7 Å². The van der Waals surface area contributed by atoms with E-state index in [1.807, 2.05) is 48.5 Å². The van der Waals surface area contributed by atoms with Gasteiger partial charge in [-0.25, -0.2) is 4.98 Å². The maximum Gasteiger partial charge on any atom is 0.231 e. The molecule has 1 unspecified atom stereocenters. The number of ether oxygens (including phenoxy) is 2. The summed E-state index contributed by atoms with van der Waals surface area (Å²) in [6, 6.07) is 22.4. The van der Waals surface area contributed by atoms with Gasteiger partial charge >= 0.3 is 0 Å². The second kappa shape index (κ2) is 7.21. The molecule has 3 aromatic carbocycles. The second-order valence-corrected chi connectivity index (χ2v) is 7.55. The van der Waals surface area contributed by atoms with E-state index in [2.05, 4.69) is 18.2 Å². The Morgan fingerprint density at radius 2 is 1.59 bits per heavy atom. The minimum atomic E-state index is 0.0469. The molecule has 1 atom stereocenters. The van der Waals surface area contributed by atoms with Crippen molar-refractivity contribution in [3.63, 3.8) is 0 Å². The first-order valence-electron chi connectivity index (χ1n) is 9.84. The Kier molecular flexibility index (Phi) is 4.39. The monoisotopic (exact) mass is 383 g/mol. The lowest BCUT2D eigenvalue weighted by atomic mass is 9.84. The van der Waals surface area contributed by atoms with Gasteiger partial charge in [0.05, 0.1) is 11.0 Å². The summed E-state index contributed by atoms with van der Waals surface area (Å²) in [5.41, 5.74) is 4.24. The first kappa shape index (κ1) is 17.7. The predicted octanol–water partition coefficient (Wildman–Crippen LogP) is 5.42. The quantitative estimate of drug-likeness (QED) is 0.432. The molecule has 4 aromatic rings. The molecule has 1 aliphatic heterocycles. The summed E-state index contributed by atoms with van der Waals surface area (Å²) in [5.74, 6) is 1.77. The van der Waals surface area contributed by atoms with Crippen LogP contribution in [0.1, 0.15) is 30.4 Å². The van der Waals surface area contributed by atoms with Gasteiger partial charge in [0.25, 0.3) is 0 Å². The number of carbonyl (C=O) groups excluding carboxylic acids is 1. The molecule has 0 amide bonds. The molecule has 0 radical (unpaired) electrons. The minimum absolute atomic E-state index is 0.0469. The number of aromatic nitrogens is 1. The van der Waals surface area contributed by atoms with Gasteiger partial charge in [0, 0.05) is 17.2 Å². The van der Waals surface area contributed by atoms with Gasteiger partial charge in [0.1, 0.15) is 5.78 Å². The van der Waals surface area contributed by atoms with Gasteiger partial charge < -0.3 is 14.3 Å². The number of carbonyl (C=O) groups is 1. The highest BCUT2D eigenvalue weighted by molar-refractivity contribution is 5.98. The number of fused-ring (bicyclic) bond motifs is 3. The lowest BCUT2D eigenvalue weighted by Gasteiger charge is -2.21. The maximum atomic E-state index is 12.2. The van der Waals surface area contributed by atoms with E-state index in [9.17, 15) is 4.79 Å². The van der Waals surface area contributed by atoms with Gasteiger partial charge in [-0.15, -0.1) is 0 Å². The Balaban J connectivity index is 1.67. The maximum absolute atomic E-state index is 12.2. The highest BCUT2D eigenvalue weighted by Crippen LogP contribution is 2.38. The fraction of sp³-hybridized carbons (Fsp3) is 0.200. The van der Waals surface area contributed by atoms with Crippen LogP contribution in [-0.4, -0.2) is 17.6 Å². The first-order valence-corrected chi connectivity index (χ1v) is 9.84. The van der Waals surface area contributed by atoms with E-state index in [1.54, 1.807) is 6.92 Å². The van der Waals surface area contributed by atoms with E-state index < -0.39 is 0 Å². The number of rotatable bonds is 5. The number of hydrogen-bond donors (Lipinski definition) is 0. The highest BCUT2D eigenvalue weighted by atomic mass is 16.7. The average molecular weight is 383 g/mol. The van der Waals surface area contributed by atoms with Crippen molar-refractivity contribution in [1.29, 1.82) is 0 Å². The van der Waals surface area contributed by atoms with Crippen LogP contribution in [0, 0.1) is 0 Å². The van der Waals surface area contributed by atoms with E-state index >= 15 is 0 Å². The lowest BCUT2D eigenvalue weighted by molar-refractivity contribution is -0.117. The van der Waals surface area contributed by atoms with Gasteiger partial charge in [0.2, 0.25) is 6.79 Å². The zero-order valence-electron chi connectivity index (χ0n) is 16.2. The van der Waals surface area contributed by atoms with Crippen molar-refractivity contribution in [3.8, 4) is 11.5 Å². The van der Waals surface area contributed by atoms with Crippen molar-refractivity contribution in [1.82, 2.24) is 4.98 Å². The van der Waals surface area contributed by atoms with Crippen molar-refractivity contribution >= 4 is 27.6 Å². The van der Waals surface area contributed by atoms with Crippen LogP contribution < -0.4 is 9.47 Å². The third-order valence-corrected chi connectivity index (χ3v) is 5.49. The van der Waals surface area contributed by atoms with E-state index in [4.69, 9.17) is 14.5 Å². The van der Waals surface area contributed by atoms with Crippen LogP contribution in [0.3, 0.4) is 0 Å². The third kappa shape index (κ3) is 3.31. The Bertz CT molecular complexity index is 1180. The number of benzene rings is 3. The highest BCUT2D eigenvalue weighted by Gasteiger charge is 2.22. The van der Waals surface area contributed by atoms with E-state index in [1.165, 1.54) is 5.56 Å². The number of para-hydroxylation sites is 2. The van der Waals surface area contributed by atoms with Gasteiger partial charge in [-0.1, -0.05) is 42.5 Å². The van der Waals surface area contributed by atoms with Gasteiger partial charge in [-0.3, -0.25) is 0 Å². The average Bonchev–Trinajstić information content (AvgIpc) is 3.19. The summed E-state index contributed by atoms with van der Waals surface area (Å²) >= 11 is 0. The SMILES string of the molecule is CC(=O)CC(Cc1ccc2c(c1)OCO2)c1c2ccccc2nc2ccccc12. The molecule has 4 nitrogen and oxygen atoms in total. The molecule has 0 saturated carbocycles. The topological polar surface area (TPSA) is 48.4 Å². The van der Waals surface area contributed by atoms with Crippen molar-refractivity contribution in [2.75, 3.05) is 6.79 Å². The van der Waals surface area contributed by atoms with Crippen LogP contribution >= 0.6 is 0 Å². The fourth-order valence-corrected chi connectivity index (χ4v) is 4.29. The van der Waals surface area contributed by atoms with Crippen LogP contribution in [0.4, 0.5) is 0 Å². The molecule has 4 heteroatoms. The number of pyridine rings is 1. The van der Waals surface area contributed by atoms with Crippen molar-refractivity contribution in [3.05, 3.63) is 77.9 Å². The second-order valence-electron chi connectivity index (χ2n) is 7.55. The van der Waals surface area contributed by atoms with Gasteiger partial charge in [-0.05, 0) is 54.7 Å². The number of Topliss-reactive ketones (excluding diaryl/α,β-unsaturated/α-hetero) is 1. The molecule has 144 valence electrons. The summed E-state index contributed by atoms with van der Waals surface area (Å²) in [7, 11) is 0. The molecule has 29 heavy (non-hydrogen) atoms. The predicted molar refractivity (Wildman–Crippen MR) is 114 cm³/mol. The third-order valence-electron chi connectivity index (χ3n) is 5.49. The smallest absolute Gasteiger partial charge is 0.231 e. The molecular weight excluding hydrogens is 362 g/mol. The standard InChI is InChI=1S/C25H21NO3/c1-16(27)12-18(13-17-10-11-23-24(14-17)29-15-28-23)25-19-6-2-4-8-21(19)26-22-9-5-3-7-20(22)25/h2-11,14,18H,12-13,15H2,1H3. The number of ketones is 1. The molecule has 0 saturated heterocycles. The molecule has 0 N–H and O–H groups in total. The fourth-order valence-electron chi connectivity index (χ4n) is 4.29.